The van der Waals surface area contributed by atoms with E-state index in [2.05, 4.69) is 41.6 Å². The third kappa shape index (κ3) is 2.26. The lowest BCUT2D eigenvalue weighted by Crippen LogP contribution is -2.03. The van der Waals surface area contributed by atoms with Crippen molar-refractivity contribution in [2.45, 2.75) is 45.6 Å². The number of rotatable bonds is 5. The van der Waals surface area contributed by atoms with E-state index in [9.17, 15) is 0 Å². The van der Waals surface area contributed by atoms with E-state index in [1.807, 2.05) is 12.4 Å². The first kappa shape index (κ1) is 11.2. The van der Waals surface area contributed by atoms with Gasteiger partial charge in [0.05, 0.1) is 17.4 Å². The van der Waals surface area contributed by atoms with E-state index >= 15 is 0 Å². The van der Waals surface area contributed by atoms with Crippen LogP contribution in [0.4, 0.5) is 0 Å². The summed E-state index contributed by atoms with van der Waals surface area (Å²) in [7, 11) is 0. The van der Waals surface area contributed by atoms with Gasteiger partial charge in [-0.2, -0.15) is 0 Å². The minimum Gasteiger partial charge on any atom is -0.328 e. The summed E-state index contributed by atoms with van der Waals surface area (Å²) in [4.78, 5) is 4.43. The summed E-state index contributed by atoms with van der Waals surface area (Å²) in [6, 6.07) is 8.91. The van der Waals surface area contributed by atoms with E-state index in [4.69, 9.17) is 0 Å². The molecule has 86 valence electrons. The van der Waals surface area contributed by atoms with Crippen LogP contribution in [0, 0.1) is 0 Å². The summed E-state index contributed by atoms with van der Waals surface area (Å²) in [5, 5.41) is 0. The van der Waals surface area contributed by atoms with E-state index < -0.39 is 0 Å². The zero-order chi connectivity index (χ0) is 11.4. The Morgan fingerprint density at radius 3 is 2.88 bits per heavy atom. The number of aromatic nitrogens is 2. The number of hydrogen-bond acceptors (Lipinski definition) is 1. The van der Waals surface area contributed by atoms with Crippen LogP contribution in [-0.2, 0) is 0 Å². The van der Waals surface area contributed by atoms with Gasteiger partial charge in [-0.25, -0.2) is 4.98 Å². The van der Waals surface area contributed by atoms with Crippen LogP contribution in [0.15, 0.2) is 30.6 Å². The van der Waals surface area contributed by atoms with E-state index in [0.29, 0.717) is 6.04 Å². The molecular weight excluding hydrogens is 196 g/mol. The van der Waals surface area contributed by atoms with Crippen LogP contribution in [0.5, 0.6) is 0 Å². The minimum absolute atomic E-state index is 0.555. The van der Waals surface area contributed by atoms with Gasteiger partial charge in [-0.05, 0) is 25.5 Å². The van der Waals surface area contributed by atoms with Gasteiger partial charge in [0.1, 0.15) is 0 Å². The molecule has 2 heteroatoms. The highest BCUT2D eigenvalue weighted by Gasteiger charge is 2.07. The van der Waals surface area contributed by atoms with E-state index in [-0.39, 0.29) is 0 Å². The zero-order valence-corrected chi connectivity index (χ0v) is 10.2. The number of fused-ring (bicyclic) bond motifs is 1. The van der Waals surface area contributed by atoms with Gasteiger partial charge in [0.15, 0.2) is 0 Å². The molecule has 0 bridgehead atoms. The summed E-state index contributed by atoms with van der Waals surface area (Å²) in [6.07, 6.45) is 7.15. The second-order valence-electron chi connectivity index (χ2n) is 4.49. The second-order valence-corrected chi connectivity index (χ2v) is 4.49. The first-order chi connectivity index (χ1) is 7.83. The maximum Gasteiger partial charge on any atom is 0.0960 e. The number of benzene rings is 1. The van der Waals surface area contributed by atoms with Crippen molar-refractivity contribution in [3.8, 4) is 0 Å². The summed E-state index contributed by atoms with van der Waals surface area (Å²) < 4.78 is 2.30. The van der Waals surface area contributed by atoms with Crippen molar-refractivity contribution in [2.24, 2.45) is 0 Å². The Kier molecular flexibility index (Phi) is 3.60. The molecule has 0 fully saturated rings. The average molecular weight is 216 g/mol. The molecule has 2 aromatic rings. The van der Waals surface area contributed by atoms with Crippen LogP contribution < -0.4 is 0 Å². The third-order valence-electron chi connectivity index (χ3n) is 3.18. The minimum atomic E-state index is 0.555. The third-order valence-corrected chi connectivity index (χ3v) is 3.18. The van der Waals surface area contributed by atoms with Crippen molar-refractivity contribution in [3.63, 3.8) is 0 Å². The summed E-state index contributed by atoms with van der Waals surface area (Å²) in [6.45, 7) is 4.53. The van der Waals surface area contributed by atoms with E-state index in [0.717, 1.165) is 5.52 Å². The lowest BCUT2D eigenvalue weighted by Gasteiger charge is -2.13. The molecule has 1 aromatic heterocycles. The van der Waals surface area contributed by atoms with Crippen molar-refractivity contribution in [2.75, 3.05) is 0 Å². The number of para-hydroxylation sites is 2. The van der Waals surface area contributed by atoms with Gasteiger partial charge in [-0.15, -0.1) is 0 Å². The van der Waals surface area contributed by atoms with Crippen LogP contribution in [0.3, 0.4) is 0 Å². The molecule has 0 aliphatic carbocycles. The van der Waals surface area contributed by atoms with Crippen LogP contribution in [-0.4, -0.2) is 9.55 Å². The van der Waals surface area contributed by atoms with Gasteiger partial charge in [0, 0.05) is 6.04 Å². The molecule has 1 aromatic carbocycles. The first-order valence-corrected chi connectivity index (χ1v) is 6.24. The fourth-order valence-corrected chi connectivity index (χ4v) is 2.16. The summed E-state index contributed by atoms with van der Waals surface area (Å²) in [5.74, 6) is 0. The largest absolute Gasteiger partial charge is 0.328 e. The summed E-state index contributed by atoms with van der Waals surface area (Å²) in [5.41, 5.74) is 2.36. The van der Waals surface area contributed by atoms with Crippen molar-refractivity contribution >= 4 is 11.0 Å². The normalized spacial score (nSPS) is 13.1. The van der Waals surface area contributed by atoms with E-state index in [1.54, 1.807) is 0 Å². The Labute approximate surface area is 97.3 Å². The molecule has 0 spiro atoms. The van der Waals surface area contributed by atoms with Gasteiger partial charge in [-0.1, -0.05) is 38.3 Å². The summed E-state index contributed by atoms with van der Waals surface area (Å²) >= 11 is 0. The number of imidazole rings is 1. The van der Waals surface area contributed by atoms with Crippen LogP contribution in [0.25, 0.3) is 11.0 Å². The molecular formula is C14H20N2. The Hall–Kier alpha value is -1.31. The highest BCUT2D eigenvalue weighted by atomic mass is 15.1. The van der Waals surface area contributed by atoms with Crippen molar-refractivity contribution < 1.29 is 0 Å². The van der Waals surface area contributed by atoms with Crippen molar-refractivity contribution in [1.29, 1.82) is 0 Å². The SMILES string of the molecule is CCCCCC(C)n1cnc2ccccc21. The van der Waals surface area contributed by atoms with Gasteiger partial charge < -0.3 is 4.57 Å². The van der Waals surface area contributed by atoms with Gasteiger partial charge in [0.25, 0.3) is 0 Å². The molecule has 0 saturated carbocycles. The topological polar surface area (TPSA) is 17.8 Å². The van der Waals surface area contributed by atoms with Gasteiger partial charge >= 0.3 is 0 Å². The molecule has 0 aliphatic rings. The Balaban J connectivity index is 2.13. The average Bonchev–Trinajstić information content (AvgIpc) is 2.73. The highest BCUT2D eigenvalue weighted by molar-refractivity contribution is 5.75. The predicted molar refractivity (Wildman–Crippen MR) is 68.6 cm³/mol. The molecule has 16 heavy (non-hydrogen) atoms. The number of nitrogens with zero attached hydrogens (tertiary/aromatic N) is 2. The molecule has 1 heterocycles. The maximum atomic E-state index is 4.43. The van der Waals surface area contributed by atoms with Gasteiger partial charge in [0.2, 0.25) is 0 Å². The van der Waals surface area contributed by atoms with Crippen LogP contribution in [0.2, 0.25) is 0 Å². The zero-order valence-electron chi connectivity index (χ0n) is 10.2. The Morgan fingerprint density at radius 2 is 2.06 bits per heavy atom. The van der Waals surface area contributed by atoms with Crippen molar-refractivity contribution in [1.82, 2.24) is 9.55 Å². The molecule has 1 atom stereocenters. The standard InChI is InChI=1S/C14H20N2/c1-3-4-5-8-12(2)16-11-15-13-9-6-7-10-14(13)16/h6-7,9-12H,3-5,8H2,1-2H3. The number of unbranched alkanes of at least 4 members (excludes halogenated alkanes) is 2. The quantitative estimate of drug-likeness (QED) is 0.686. The van der Waals surface area contributed by atoms with Crippen LogP contribution in [0.1, 0.15) is 45.6 Å². The molecule has 0 N–H and O–H groups in total. The molecule has 2 rings (SSSR count). The van der Waals surface area contributed by atoms with Gasteiger partial charge in [-0.3, -0.25) is 0 Å². The predicted octanol–water partition coefficient (Wildman–Crippen LogP) is 4.18. The molecule has 0 radical (unpaired) electrons. The van der Waals surface area contributed by atoms with Crippen LogP contribution >= 0.6 is 0 Å². The lowest BCUT2D eigenvalue weighted by molar-refractivity contribution is 0.487. The Bertz CT molecular complexity index is 445. The molecule has 0 amide bonds. The lowest BCUT2D eigenvalue weighted by atomic mass is 10.1. The highest BCUT2D eigenvalue weighted by Crippen LogP contribution is 2.21. The molecule has 0 aliphatic heterocycles. The molecule has 2 nitrogen and oxygen atoms in total. The fraction of sp³-hybridized carbons (Fsp3) is 0.500. The Morgan fingerprint density at radius 1 is 1.25 bits per heavy atom. The smallest absolute Gasteiger partial charge is 0.0960 e. The van der Waals surface area contributed by atoms with E-state index in [1.165, 1.54) is 31.2 Å². The maximum absolute atomic E-state index is 4.43. The monoisotopic (exact) mass is 216 g/mol. The number of hydrogen-bond donors (Lipinski definition) is 0. The second kappa shape index (κ2) is 5.15. The molecule has 1 unspecified atom stereocenters. The molecule has 0 saturated heterocycles. The van der Waals surface area contributed by atoms with Crippen molar-refractivity contribution in [3.05, 3.63) is 30.6 Å². The fourth-order valence-electron chi connectivity index (χ4n) is 2.16. The first-order valence-electron chi connectivity index (χ1n) is 6.24.